The van der Waals surface area contributed by atoms with Gasteiger partial charge in [-0.1, -0.05) is 0 Å². The van der Waals surface area contributed by atoms with E-state index in [9.17, 15) is 10.1 Å². The molecule has 5 heteroatoms. The summed E-state index contributed by atoms with van der Waals surface area (Å²) in [7, 11) is 0. The second-order valence-corrected chi connectivity index (χ2v) is 1.59. The molecule has 0 aromatic rings. The van der Waals surface area contributed by atoms with E-state index >= 15 is 0 Å². The lowest BCUT2D eigenvalue weighted by molar-refractivity contribution is -0.777. The Morgan fingerprint density at radius 3 is 2.38 bits per heavy atom. The highest BCUT2D eigenvalue weighted by atomic mass is 17.0. The van der Waals surface area contributed by atoms with E-state index in [1.54, 1.807) is 13.8 Å². The van der Waals surface area contributed by atoms with Crippen LogP contribution in [0.15, 0.2) is 0 Å². The van der Waals surface area contributed by atoms with Crippen LogP contribution in [0.2, 0.25) is 0 Å². The Morgan fingerprint density at radius 1 is 1.75 bits per heavy atom. The zero-order valence-electron chi connectivity index (χ0n) is 4.75. The Balaban J connectivity index is 3.05. The fourth-order valence-electron chi connectivity index (χ4n) is 0.148. The number of nitrogens with zero attached hydrogens (tertiary/aromatic N) is 1. The second-order valence-electron chi connectivity index (χ2n) is 1.59. The van der Waals surface area contributed by atoms with Crippen LogP contribution in [-0.4, -0.2) is 11.1 Å². The summed E-state index contributed by atoms with van der Waals surface area (Å²) in [6.07, 6.45) is 0. The van der Waals surface area contributed by atoms with Crippen molar-refractivity contribution in [3.8, 4) is 0 Å². The highest BCUT2D eigenvalue weighted by molar-refractivity contribution is 4.36. The van der Waals surface area contributed by atoms with Crippen LogP contribution in [0.1, 0.15) is 13.8 Å². The Hall–Kier alpha value is -0.840. The summed E-state index contributed by atoms with van der Waals surface area (Å²) in [6, 6.07) is -0.0274. The number of hydrogen-bond donors (Lipinski definition) is 1. The van der Waals surface area contributed by atoms with E-state index in [0.717, 1.165) is 0 Å². The summed E-state index contributed by atoms with van der Waals surface area (Å²) in [6.45, 7) is 3.48. The minimum absolute atomic E-state index is 0.0274. The molecular formula is C3H8N2O3. The minimum Gasteiger partial charge on any atom is -0.220 e. The van der Waals surface area contributed by atoms with Gasteiger partial charge in [0.15, 0.2) is 0 Å². The molecular weight excluding hydrogens is 112 g/mol. The minimum atomic E-state index is -0.889. The largest absolute Gasteiger partial charge is 0.311 e. The van der Waals surface area contributed by atoms with Gasteiger partial charge in [-0.2, -0.15) is 5.48 Å². The van der Waals surface area contributed by atoms with E-state index in [4.69, 9.17) is 0 Å². The fourth-order valence-corrected chi connectivity index (χ4v) is 0.148. The van der Waals surface area contributed by atoms with Gasteiger partial charge < -0.3 is 0 Å². The number of nitrogens with one attached hydrogen (secondary N) is 1. The fraction of sp³-hybridized carbons (Fsp3) is 1.00. The van der Waals surface area contributed by atoms with Gasteiger partial charge in [0, 0.05) is 6.04 Å². The third-order valence-electron chi connectivity index (χ3n) is 0.363. The number of hydroxylamine groups is 1. The van der Waals surface area contributed by atoms with Gasteiger partial charge in [-0.05, 0) is 13.8 Å². The predicted molar refractivity (Wildman–Crippen MR) is 26.4 cm³/mol. The Labute approximate surface area is 46.7 Å². The maximum Gasteiger partial charge on any atom is 0.311 e. The topological polar surface area (TPSA) is 64.4 Å². The van der Waals surface area contributed by atoms with Crippen molar-refractivity contribution in [3.63, 3.8) is 0 Å². The molecule has 0 aliphatic carbocycles. The average Bonchev–Trinajstić information content (AvgIpc) is 1.61. The van der Waals surface area contributed by atoms with Crippen molar-refractivity contribution < 1.29 is 10.0 Å². The molecule has 0 bridgehead atoms. The molecule has 0 saturated heterocycles. The van der Waals surface area contributed by atoms with Gasteiger partial charge in [-0.25, -0.2) is 4.94 Å². The zero-order chi connectivity index (χ0) is 6.57. The molecule has 48 valence electrons. The smallest absolute Gasteiger partial charge is 0.220 e. The van der Waals surface area contributed by atoms with E-state index in [1.807, 2.05) is 0 Å². The summed E-state index contributed by atoms with van der Waals surface area (Å²) in [5.74, 6) is 0. The number of rotatable bonds is 3. The Bertz CT molecular complexity index is 82.6. The summed E-state index contributed by atoms with van der Waals surface area (Å²) in [5.41, 5.74) is 2.15. The lowest BCUT2D eigenvalue weighted by Gasteiger charge is -2.01. The Morgan fingerprint density at radius 2 is 2.25 bits per heavy atom. The highest BCUT2D eigenvalue weighted by Crippen LogP contribution is 1.75. The first-order valence-electron chi connectivity index (χ1n) is 2.20. The molecule has 0 aromatic carbocycles. The van der Waals surface area contributed by atoms with Crippen LogP contribution >= 0.6 is 0 Å². The van der Waals surface area contributed by atoms with Crippen LogP contribution in [0.3, 0.4) is 0 Å². The van der Waals surface area contributed by atoms with Gasteiger partial charge in [-0.15, -0.1) is 10.1 Å². The monoisotopic (exact) mass is 120 g/mol. The van der Waals surface area contributed by atoms with E-state index < -0.39 is 5.09 Å². The number of hydrogen-bond acceptors (Lipinski definition) is 4. The third kappa shape index (κ3) is 5.16. The van der Waals surface area contributed by atoms with Crippen LogP contribution < -0.4 is 5.48 Å². The van der Waals surface area contributed by atoms with E-state index in [1.165, 1.54) is 0 Å². The molecule has 0 saturated carbocycles. The van der Waals surface area contributed by atoms with Crippen molar-refractivity contribution in [1.82, 2.24) is 5.48 Å². The molecule has 0 radical (unpaired) electrons. The summed E-state index contributed by atoms with van der Waals surface area (Å²) >= 11 is 0. The van der Waals surface area contributed by atoms with Crippen molar-refractivity contribution in [2.45, 2.75) is 19.9 Å². The molecule has 0 heterocycles. The third-order valence-corrected chi connectivity index (χ3v) is 0.363. The van der Waals surface area contributed by atoms with Crippen molar-refractivity contribution in [3.05, 3.63) is 10.1 Å². The maximum atomic E-state index is 9.42. The molecule has 5 nitrogen and oxygen atoms in total. The van der Waals surface area contributed by atoms with Crippen LogP contribution in [-0.2, 0) is 4.94 Å². The SMILES string of the molecule is CC(C)NO[N+](=O)[O-]. The van der Waals surface area contributed by atoms with E-state index in [2.05, 4.69) is 10.4 Å². The first kappa shape index (κ1) is 7.16. The van der Waals surface area contributed by atoms with Crippen LogP contribution in [0.25, 0.3) is 0 Å². The first-order chi connectivity index (χ1) is 3.63. The standard InChI is InChI=1S/C3H8N2O3/c1-3(2)4-8-5(6)7/h3-4H,1-2H3. The predicted octanol–water partition coefficient (Wildman–Crippen LogP) is 0.108. The molecule has 0 atom stereocenters. The lowest BCUT2D eigenvalue weighted by atomic mass is 10.4. The van der Waals surface area contributed by atoms with Gasteiger partial charge in [0.1, 0.15) is 0 Å². The summed E-state index contributed by atoms with van der Waals surface area (Å²) in [5, 5.41) is 8.54. The van der Waals surface area contributed by atoms with E-state index in [0.29, 0.717) is 0 Å². The van der Waals surface area contributed by atoms with Gasteiger partial charge in [0.25, 0.3) is 0 Å². The van der Waals surface area contributed by atoms with Crippen molar-refractivity contribution >= 4 is 0 Å². The Kier molecular flexibility index (Phi) is 2.86. The molecule has 0 amide bonds. The van der Waals surface area contributed by atoms with Crippen molar-refractivity contribution in [1.29, 1.82) is 0 Å². The molecule has 0 aliphatic heterocycles. The molecule has 8 heavy (non-hydrogen) atoms. The first-order valence-corrected chi connectivity index (χ1v) is 2.20. The molecule has 0 rings (SSSR count). The second kappa shape index (κ2) is 3.20. The van der Waals surface area contributed by atoms with Gasteiger partial charge in [0.2, 0.25) is 0 Å². The quantitative estimate of drug-likeness (QED) is 0.424. The molecule has 1 N–H and O–H groups in total. The van der Waals surface area contributed by atoms with Crippen LogP contribution in [0, 0.1) is 10.1 Å². The van der Waals surface area contributed by atoms with Gasteiger partial charge in [-0.3, -0.25) is 0 Å². The summed E-state index contributed by atoms with van der Waals surface area (Å²) < 4.78 is 0. The summed E-state index contributed by atoms with van der Waals surface area (Å²) in [4.78, 5) is 13.2. The molecule has 0 aromatic heterocycles. The molecule has 0 spiro atoms. The molecule has 0 unspecified atom stereocenters. The van der Waals surface area contributed by atoms with Crippen molar-refractivity contribution in [2.24, 2.45) is 0 Å². The van der Waals surface area contributed by atoms with Crippen LogP contribution in [0.4, 0.5) is 0 Å². The van der Waals surface area contributed by atoms with Gasteiger partial charge >= 0.3 is 5.09 Å². The molecule has 0 aliphatic rings. The lowest BCUT2D eigenvalue weighted by Crippen LogP contribution is -2.25. The van der Waals surface area contributed by atoms with Crippen LogP contribution in [0.5, 0.6) is 0 Å². The molecule has 0 fully saturated rings. The normalized spacial score (nSPS) is 9.38. The van der Waals surface area contributed by atoms with Gasteiger partial charge in [0.05, 0.1) is 0 Å². The van der Waals surface area contributed by atoms with Crippen molar-refractivity contribution in [2.75, 3.05) is 0 Å². The average molecular weight is 120 g/mol. The maximum absolute atomic E-state index is 9.42. The van der Waals surface area contributed by atoms with E-state index in [-0.39, 0.29) is 6.04 Å². The highest BCUT2D eigenvalue weighted by Gasteiger charge is 1.94. The zero-order valence-corrected chi connectivity index (χ0v) is 4.75.